The van der Waals surface area contributed by atoms with Crippen LogP contribution in [0.1, 0.15) is 16.2 Å². The van der Waals surface area contributed by atoms with E-state index in [1.54, 1.807) is 0 Å². The standard InChI is InChI=1S/C22H24N6O4.C4H4O4/c29-21(20-24-22(32-25-20)18-6-8-19(9-7-18)28(30)31)23-10-11-26-12-14-27(15-13-26)16-17-4-2-1-3-5-17;5-3(6)1-2-4(7)8/h1-9H,10-16H2,(H,23,29);1-2H,(H,5,6)(H,7,8)/b;2-1+. The Bertz CT molecular complexity index is 1300. The van der Waals surface area contributed by atoms with Crippen LogP contribution in [0.3, 0.4) is 0 Å². The molecule has 2 aromatic carbocycles. The minimum atomic E-state index is -1.26. The minimum absolute atomic E-state index is 0.0351. The van der Waals surface area contributed by atoms with Gasteiger partial charge in [0.05, 0.1) is 4.92 Å². The maximum Gasteiger partial charge on any atom is 0.328 e. The van der Waals surface area contributed by atoms with E-state index in [9.17, 15) is 24.5 Å². The average Bonchev–Trinajstić information content (AvgIpc) is 3.44. The molecule has 0 saturated carbocycles. The average molecular weight is 553 g/mol. The summed E-state index contributed by atoms with van der Waals surface area (Å²) in [4.78, 5) is 50.5. The molecule has 0 radical (unpaired) electrons. The van der Waals surface area contributed by atoms with E-state index in [-0.39, 0.29) is 17.4 Å². The minimum Gasteiger partial charge on any atom is -0.478 e. The lowest BCUT2D eigenvalue weighted by Gasteiger charge is -2.34. The van der Waals surface area contributed by atoms with E-state index in [1.165, 1.54) is 29.8 Å². The van der Waals surface area contributed by atoms with Gasteiger partial charge in [-0.3, -0.25) is 24.7 Å². The van der Waals surface area contributed by atoms with Gasteiger partial charge < -0.3 is 20.1 Å². The first kappa shape index (κ1) is 29.6. The third-order valence-electron chi connectivity index (χ3n) is 5.75. The maximum atomic E-state index is 12.3. The third kappa shape index (κ3) is 9.74. The van der Waals surface area contributed by atoms with Gasteiger partial charge >= 0.3 is 11.9 Å². The Kier molecular flexibility index (Phi) is 11.0. The van der Waals surface area contributed by atoms with E-state index in [1.807, 2.05) is 6.07 Å². The Morgan fingerprint density at radius 3 is 2.12 bits per heavy atom. The van der Waals surface area contributed by atoms with E-state index in [0.717, 1.165) is 39.3 Å². The number of piperazine rings is 1. The molecule has 0 aliphatic carbocycles. The number of rotatable bonds is 10. The van der Waals surface area contributed by atoms with Crippen LogP contribution in [0.15, 0.2) is 71.3 Å². The topological polar surface area (TPSA) is 192 Å². The number of carboxylic acid groups (broad SMARTS) is 2. The molecule has 40 heavy (non-hydrogen) atoms. The molecule has 4 rings (SSSR count). The lowest BCUT2D eigenvalue weighted by Crippen LogP contribution is -2.48. The number of nitrogens with zero attached hydrogens (tertiary/aromatic N) is 5. The smallest absolute Gasteiger partial charge is 0.328 e. The molecule has 0 bridgehead atoms. The summed E-state index contributed by atoms with van der Waals surface area (Å²) in [6.45, 7) is 6.08. The highest BCUT2D eigenvalue weighted by atomic mass is 16.6. The van der Waals surface area contributed by atoms with Crippen LogP contribution in [0.4, 0.5) is 5.69 Å². The van der Waals surface area contributed by atoms with Crippen molar-refractivity contribution in [3.8, 4) is 11.5 Å². The molecule has 1 aliphatic rings. The summed E-state index contributed by atoms with van der Waals surface area (Å²) in [5.41, 5.74) is 1.80. The van der Waals surface area contributed by atoms with Crippen LogP contribution < -0.4 is 5.32 Å². The molecular weight excluding hydrogens is 524 g/mol. The van der Waals surface area contributed by atoms with Gasteiger partial charge in [-0.15, -0.1) is 0 Å². The van der Waals surface area contributed by atoms with E-state index in [0.29, 0.717) is 24.3 Å². The van der Waals surface area contributed by atoms with Crippen molar-refractivity contribution in [3.63, 3.8) is 0 Å². The SMILES string of the molecule is O=C(NCCN1CCN(Cc2ccccc2)CC1)c1noc(-c2ccc([N+](=O)[O-])cc2)n1.O=C(O)/C=C/C(=O)O. The monoisotopic (exact) mass is 552 g/mol. The number of amides is 1. The summed E-state index contributed by atoms with van der Waals surface area (Å²) in [6.07, 6.45) is 1.12. The van der Waals surface area contributed by atoms with Gasteiger partial charge in [-0.25, -0.2) is 9.59 Å². The first-order chi connectivity index (χ1) is 19.2. The van der Waals surface area contributed by atoms with Crippen molar-refractivity contribution in [2.75, 3.05) is 39.3 Å². The summed E-state index contributed by atoms with van der Waals surface area (Å²) in [6, 6.07) is 16.1. The zero-order chi connectivity index (χ0) is 28.9. The highest BCUT2D eigenvalue weighted by Crippen LogP contribution is 2.20. The fraction of sp³-hybridized carbons (Fsp3) is 0.269. The second kappa shape index (κ2) is 14.8. The second-order valence-electron chi connectivity index (χ2n) is 8.60. The number of carbonyl (C=O) groups excluding carboxylic acids is 1. The summed E-state index contributed by atoms with van der Waals surface area (Å²) < 4.78 is 5.12. The molecule has 1 aliphatic heterocycles. The molecule has 0 spiro atoms. The Labute approximate surface area is 228 Å². The molecule has 14 heteroatoms. The number of carbonyl (C=O) groups is 3. The van der Waals surface area contributed by atoms with Crippen molar-refractivity contribution in [1.82, 2.24) is 25.3 Å². The van der Waals surface area contributed by atoms with E-state index in [4.69, 9.17) is 14.7 Å². The summed E-state index contributed by atoms with van der Waals surface area (Å²) in [5, 5.41) is 32.9. The number of aliphatic carboxylic acids is 2. The molecule has 14 nitrogen and oxygen atoms in total. The van der Waals surface area contributed by atoms with Gasteiger partial charge in [-0.2, -0.15) is 4.98 Å². The van der Waals surface area contributed by atoms with Crippen molar-refractivity contribution < 1.29 is 34.0 Å². The van der Waals surface area contributed by atoms with Crippen molar-refractivity contribution in [3.05, 3.63) is 88.3 Å². The zero-order valence-corrected chi connectivity index (χ0v) is 21.4. The molecular formula is C26H28N6O8. The number of hydrogen-bond acceptors (Lipinski definition) is 10. The molecule has 1 amide bonds. The lowest BCUT2D eigenvalue weighted by molar-refractivity contribution is -0.384. The first-order valence-electron chi connectivity index (χ1n) is 12.2. The maximum absolute atomic E-state index is 12.3. The second-order valence-corrected chi connectivity index (χ2v) is 8.60. The molecule has 1 aromatic heterocycles. The lowest BCUT2D eigenvalue weighted by atomic mass is 10.2. The molecule has 3 aromatic rings. The van der Waals surface area contributed by atoms with Crippen molar-refractivity contribution in [2.24, 2.45) is 0 Å². The number of carboxylic acids is 2. The molecule has 0 atom stereocenters. The van der Waals surface area contributed by atoms with Crippen LogP contribution in [-0.2, 0) is 16.1 Å². The van der Waals surface area contributed by atoms with Crippen molar-refractivity contribution in [1.29, 1.82) is 0 Å². The van der Waals surface area contributed by atoms with E-state index >= 15 is 0 Å². The predicted octanol–water partition coefficient (Wildman–Crippen LogP) is 1.90. The van der Waals surface area contributed by atoms with E-state index < -0.39 is 22.8 Å². The molecule has 3 N–H and O–H groups in total. The molecule has 0 unspecified atom stereocenters. The predicted molar refractivity (Wildman–Crippen MR) is 141 cm³/mol. The largest absolute Gasteiger partial charge is 0.478 e. The number of nitro groups is 1. The Morgan fingerprint density at radius 2 is 1.55 bits per heavy atom. The van der Waals surface area contributed by atoms with Crippen LogP contribution in [0.2, 0.25) is 0 Å². The fourth-order valence-electron chi connectivity index (χ4n) is 3.72. The molecule has 1 saturated heterocycles. The number of nitro benzene ring substituents is 1. The molecule has 2 heterocycles. The summed E-state index contributed by atoms with van der Waals surface area (Å²) in [7, 11) is 0. The number of hydrogen-bond donors (Lipinski definition) is 3. The van der Waals surface area contributed by atoms with Gasteiger partial charge in [0.15, 0.2) is 0 Å². The van der Waals surface area contributed by atoms with Crippen LogP contribution in [0.25, 0.3) is 11.5 Å². The highest BCUT2D eigenvalue weighted by molar-refractivity contribution is 5.90. The number of non-ortho nitro benzene ring substituents is 1. The van der Waals surface area contributed by atoms with Gasteiger partial charge in [-0.05, 0) is 17.7 Å². The zero-order valence-electron chi connectivity index (χ0n) is 21.4. The summed E-state index contributed by atoms with van der Waals surface area (Å²) >= 11 is 0. The van der Waals surface area contributed by atoms with Crippen LogP contribution in [0.5, 0.6) is 0 Å². The Hall–Kier alpha value is -4.95. The van der Waals surface area contributed by atoms with Gasteiger partial charge in [0.2, 0.25) is 0 Å². The Balaban J connectivity index is 0.000000482. The normalized spacial score (nSPS) is 13.8. The Morgan fingerprint density at radius 1 is 0.950 bits per heavy atom. The van der Waals surface area contributed by atoms with Gasteiger partial charge in [0, 0.05) is 75.7 Å². The number of aromatic nitrogens is 2. The fourth-order valence-corrected chi connectivity index (χ4v) is 3.72. The quantitative estimate of drug-likeness (QED) is 0.188. The highest BCUT2D eigenvalue weighted by Gasteiger charge is 2.19. The van der Waals surface area contributed by atoms with Crippen molar-refractivity contribution >= 4 is 23.5 Å². The summed E-state index contributed by atoms with van der Waals surface area (Å²) in [5.74, 6) is -2.85. The number of benzene rings is 2. The van der Waals surface area contributed by atoms with Crippen molar-refractivity contribution in [2.45, 2.75) is 6.54 Å². The van der Waals surface area contributed by atoms with Crippen LogP contribution in [-0.4, -0.2) is 92.2 Å². The molecule has 210 valence electrons. The van der Waals surface area contributed by atoms with E-state index in [2.05, 4.69) is 49.5 Å². The van der Waals surface area contributed by atoms with Gasteiger partial charge in [-0.1, -0.05) is 35.5 Å². The van der Waals surface area contributed by atoms with Gasteiger partial charge in [0.1, 0.15) is 0 Å². The molecule has 1 fully saturated rings. The van der Waals surface area contributed by atoms with Crippen LogP contribution in [0, 0.1) is 10.1 Å². The third-order valence-corrected chi connectivity index (χ3v) is 5.75. The first-order valence-corrected chi connectivity index (χ1v) is 12.2. The van der Waals surface area contributed by atoms with Crippen LogP contribution >= 0.6 is 0 Å². The van der Waals surface area contributed by atoms with Gasteiger partial charge in [0.25, 0.3) is 23.3 Å². The number of nitrogens with one attached hydrogen (secondary N) is 1.